The maximum atomic E-state index is 13.9. The lowest BCUT2D eigenvalue weighted by Gasteiger charge is -2.33. The smallest absolute Gasteiger partial charge is 0.229 e. The van der Waals surface area contributed by atoms with Crippen molar-refractivity contribution >= 4 is 17.3 Å². The summed E-state index contributed by atoms with van der Waals surface area (Å²) in [5.41, 5.74) is 4.97. The Morgan fingerprint density at radius 2 is 1.46 bits per heavy atom. The minimum absolute atomic E-state index is 0.0153. The summed E-state index contributed by atoms with van der Waals surface area (Å²) in [6.07, 6.45) is 14.2. The number of ether oxygens (including phenoxy) is 1. The number of methoxy groups -OCH3 is 1. The van der Waals surface area contributed by atoms with Gasteiger partial charge in [-0.1, -0.05) is 74.7 Å². The van der Waals surface area contributed by atoms with Crippen LogP contribution in [0.25, 0.3) is 0 Å². The van der Waals surface area contributed by atoms with E-state index in [1.165, 1.54) is 11.1 Å². The molecule has 0 saturated heterocycles. The van der Waals surface area contributed by atoms with E-state index in [9.17, 15) is 14.4 Å². The van der Waals surface area contributed by atoms with Gasteiger partial charge < -0.3 is 4.74 Å². The molecular formula is C35H44O4. The molecule has 1 aromatic rings. The van der Waals surface area contributed by atoms with Crippen molar-refractivity contribution in [1.29, 1.82) is 0 Å². The molecular weight excluding hydrogens is 484 g/mol. The molecule has 0 N–H and O–H groups in total. The molecule has 4 heteroatoms. The third kappa shape index (κ3) is 5.96. The van der Waals surface area contributed by atoms with E-state index >= 15 is 0 Å². The monoisotopic (exact) mass is 528 g/mol. The summed E-state index contributed by atoms with van der Waals surface area (Å²) in [6, 6.07) is 8.80. The van der Waals surface area contributed by atoms with Gasteiger partial charge in [0.25, 0.3) is 0 Å². The van der Waals surface area contributed by atoms with Gasteiger partial charge in [-0.05, 0) is 80.4 Å². The first-order valence-electron chi connectivity index (χ1n) is 15.1. The van der Waals surface area contributed by atoms with Gasteiger partial charge in [0.05, 0.1) is 12.0 Å². The van der Waals surface area contributed by atoms with Gasteiger partial charge in [-0.25, -0.2) is 0 Å². The number of hydrogen-bond acceptors (Lipinski definition) is 4. The molecule has 0 amide bonds. The number of hydrogen-bond donors (Lipinski definition) is 0. The van der Waals surface area contributed by atoms with E-state index in [0.29, 0.717) is 17.4 Å². The molecule has 0 aromatic heterocycles. The summed E-state index contributed by atoms with van der Waals surface area (Å²) >= 11 is 0. The molecule has 208 valence electrons. The number of ketones is 3. The fourth-order valence-corrected chi connectivity index (χ4v) is 7.29. The molecule has 2 fully saturated rings. The van der Waals surface area contributed by atoms with Crippen LogP contribution in [0.1, 0.15) is 76.3 Å². The number of allylic oxidation sites excluding steroid dienone is 4. The Morgan fingerprint density at radius 1 is 0.821 bits per heavy atom. The SMILES string of the molecule is COC1C=C2C(=CC1C(=O)C1CCC(Cc3ccc(C)cc3)CC1)C(C(=O)C(=O)C1CCC(C)CC1)=CC2C. The zero-order valence-corrected chi connectivity index (χ0v) is 24.1. The minimum atomic E-state index is -0.417. The fourth-order valence-electron chi connectivity index (χ4n) is 7.29. The number of Topliss-reactive ketones (excluding diaryl/α,β-unsaturated/α-hetero) is 3. The topological polar surface area (TPSA) is 60.4 Å². The van der Waals surface area contributed by atoms with Gasteiger partial charge in [-0.2, -0.15) is 0 Å². The number of aryl methyl sites for hydroxylation is 1. The summed E-state index contributed by atoms with van der Waals surface area (Å²) in [5, 5.41) is 0. The van der Waals surface area contributed by atoms with Crippen LogP contribution in [0.5, 0.6) is 0 Å². The molecule has 5 rings (SSSR count). The van der Waals surface area contributed by atoms with E-state index in [-0.39, 0.29) is 41.2 Å². The van der Waals surface area contributed by atoms with Crippen molar-refractivity contribution in [3.63, 3.8) is 0 Å². The molecule has 39 heavy (non-hydrogen) atoms. The Hall–Kier alpha value is -2.59. The summed E-state index contributed by atoms with van der Waals surface area (Å²) in [4.78, 5) is 40.5. The predicted molar refractivity (Wildman–Crippen MR) is 154 cm³/mol. The highest BCUT2D eigenvalue weighted by atomic mass is 16.5. The standard InChI is InChI=1S/C35H44O4/c1-21-5-9-24(10-6-21)18-25-11-15-26(16-12-25)33(36)31-19-29-28(20-32(31)39-4)23(3)17-30(29)35(38)34(37)27-13-7-22(2)8-14-27/h5-6,9-10,17,19-20,22-23,25-27,31-32H,7-8,11-16,18H2,1-4H3. The van der Waals surface area contributed by atoms with E-state index in [1.54, 1.807) is 7.11 Å². The largest absolute Gasteiger partial charge is 0.376 e. The van der Waals surface area contributed by atoms with E-state index < -0.39 is 5.92 Å². The second-order valence-corrected chi connectivity index (χ2v) is 12.8. The Bertz CT molecular complexity index is 1180. The van der Waals surface area contributed by atoms with Crippen molar-refractivity contribution < 1.29 is 19.1 Å². The molecule has 0 spiro atoms. The molecule has 0 aliphatic heterocycles. The van der Waals surface area contributed by atoms with Gasteiger partial charge in [-0.3, -0.25) is 14.4 Å². The minimum Gasteiger partial charge on any atom is -0.376 e. The van der Waals surface area contributed by atoms with Crippen molar-refractivity contribution in [2.75, 3.05) is 7.11 Å². The summed E-state index contributed by atoms with van der Waals surface area (Å²) in [7, 11) is 1.66. The van der Waals surface area contributed by atoms with Crippen molar-refractivity contribution in [3.05, 3.63) is 70.3 Å². The highest BCUT2D eigenvalue weighted by Gasteiger charge is 2.41. The Kier molecular flexibility index (Phi) is 8.52. The van der Waals surface area contributed by atoms with E-state index in [2.05, 4.69) is 45.0 Å². The van der Waals surface area contributed by atoms with Crippen molar-refractivity contribution in [3.8, 4) is 0 Å². The summed E-state index contributed by atoms with van der Waals surface area (Å²) in [5.74, 6) is 0.310. The molecule has 4 aliphatic rings. The van der Waals surface area contributed by atoms with E-state index in [0.717, 1.165) is 68.9 Å². The molecule has 0 bridgehead atoms. The molecule has 0 heterocycles. The van der Waals surface area contributed by atoms with Crippen LogP contribution in [0, 0.1) is 42.4 Å². The number of rotatable bonds is 8. The Balaban J connectivity index is 1.27. The van der Waals surface area contributed by atoms with Gasteiger partial charge in [0.1, 0.15) is 5.78 Å². The van der Waals surface area contributed by atoms with E-state index in [1.807, 2.05) is 18.2 Å². The first-order valence-corrected chi connectivity index (χ1v) is 15.1. The number of carbonyl (C=O) groups excluding carboxylic acids is 3. The second-order valence-electron chi connectivity index (χ2n) is 12.8. The van der Waals surface area contributed by atoms with Crippen LogP contribution in [0.15, 0.2) is 59.2 Å². The lowest BCUT2D eigenvalue weighted by atomic mass is 9.72. The van der Waals surface area contributed by atoms with Gasteiger partial charge in [0.2, 0.25) is 11.6 Å². The fraction of sp³-hybridized carbons (Fsp3) is 0.571. The maximum absolute atomic E-state index is 13.9. The lowest BCUT2D eigenvalue weighted by molar-refractivity contribution is -0.137. The van der Waals surface area contributed by atoms with Crippen LogP contribution in [0.2, 0.25) is 0 Å². The predicted octanol–water partition coefficient (Wildman–Crippen LogP) is 6.95. The summed E-state index contributed by atoms with van der Waals surface area (Å²) < 4.78 is 5.81. The van der Waals surface area contributed by atoms with Crippen molar-refractivity contribution in [2.45, 2.75) is 84.7 Å². The van der Waals surface area contributed by atoms with Crippen LogP contribution in [-0.4, -0.2) is 30.6 Å². The van der Waals surface area contributed by atoms with Crippen molar-refractivity contribution in [1.82, 2.24) is 0 Å². The normalized spacial score (nSPS) is 32.5. The van der Waals surface area contributed by atoms with Crippen LogP contribution in [0.3, 0.4) is 0 Å². The molecule has 1 aromatic carbocycles. The molecule has 4 nitrogen and oxygen atoms in total. The molecule has 2 saturated carbocycles. The lowest BCUT2D eigenvalue weighted by Crippen LogP contribution is -2.36. The molecule has 3 atom stereocenters. The Morgan fingerprint density at radius 3 is 2.10 bits per heavy atom. The highest BCUT2D eigenvalue weighted by molar-refractivity contribution is 6.45. The molecule has 3 unspecified atom stereocenters. The second kappa shape index (κ2) is 11.9. The molecule has 0 radical (unpaired) electrons. The van der Waals surface area contributed by atoms with Crippen LogP contribution < -0.4 is 0 Å². The van der Waals surface area contributed by atoms with Crippen LogP contribution in [-0.2, 0) is 25.5 Å². The highest BCUT2D eigenvalue weighted by Crippen LogP contribution is 2.43. The first-order chi connectivity index (χ1) is 18.7. The van der Waals surface area contributed by atoms with Gasteiger partial charge in [0.15, 0.2) is 0 Å². The number of carbonyl (C=O) groups is 3. The number of fused-ring (bicyclic) bond motifs is 1. The zero-order chi connectivity index (χ0) is 27.7. The third-order valence-corrected chi connectivity index (χ3v) is 9.90. The van der Waals surface area contributed by atoms with Gasteiger partial charge in [-0.15, -0.1) is 0 Å². The quantitative estimate of drug-likeness (QED) is 0.343. The van der Waals surface area contributed by atoms with Gasteiger partial charge >= 0.3 is 0 Å². The van der Waals surface area contributed by atoms with Crippen molar-refractivity contribution in [2.24, 2.45) is 35.5 Å². The Labute approximate surface area is 234 Å². The van der Waals surface area contributed by atoms with Gasteiger partial charge in [0, 0.05) is 30.4 Å². The third-order valence-electron chi connectivity index (χ3n) is 9.90. The average Bonchev–Trinajstić information content (AvgIpc) is 3.28. The number of benzene rings is 1. The zero-order valence-electron chi connectivity index (χ0n) is 24.1. The van der Waals surface area contributed by atoms with E-state index in [4.69, 9.17) is 4.74 Å². The van der Waals surface area contributed by atoms with Crippen LogP contribution >= 0.6 is 0 Å². The van der Waals surface area contributed by atoms with Crippen LogP contribution in [0.4, 0.5) is 0 Å². The first kappa shape index (κ1) is 28.0. The average molecular weight is 529 g/mol. The maximum Gasteiger partial charge on any atom is 0.229 e. The summed E-state index contributed by atoms with van der Waals surface area (Å²) in [6.45, 7) is 6.38. The molecule has 4 aliphatic carbocycles.